The first-order valence-corrected chi connectivity index (χ1v) is 8.08. The minimum atomic E-state index is -0.391. The lowest BCUT2D eigenvalue weighted by Crippen LogP contribution is -2.30. The number of amides is 3. The third-order valence-corrected chi connectivity index (χ3v) is 4.31. The maximum atomic E-state index is 12.6. The van der Waals surface area contributed by atoms with Crippen LogP contribution in [0.4, 0.5) is 4.79 Å². The Bertz CT molecular complexity index is 1020. The van der Waals surface area contributed by atoms with Crippen LogP contribution in [0.1, 0.15) is 16.7 Å². The SMILES string of the molecule is Cc1cccc(CN2C(=O)N/C(=C/c3c[nH]c4ccccc34)C2=O)c1. The van der Waals surface area contributed by atoms with Crippen molar-refractivity contribution in [2.75, 3.05) is 0 Å². The summed E-state index contributed by atoms with van der Waals surface area (Å²) in [5.74, 6) is -0.309. The van der Waals surface area contributed by atoms with Gasteiger partial charge in [-0.1, -0.05) is 48.0 Å². The van der Waals surface area contributed by atoms with Crippen molar-refractivity contribution in [3.63, 3.8) is 0 Å². The third-order valence-electron chi connectivity index (χ3n) is 4.31. The summed E-state index contributed by atoms with van der Waals surface area (Å²) in [6.45, 7) is 2.25. The molecule has 0 bridgehead atoms. The van der Waals surface area contributed by atoms with E-state index in [1.807, 2.05) is 61.7 Å². The number of hydrogen-bond acceptors (Lipinski definition) is 2. The maximum absolute atomic E-state index is 12.6. The Morgan fingerprint density at radius 2 is 1.92 bits per heavy atom. The van der Waals surface area contributed by atoms with E-state index in [-0.39, 0.29) is 12.5 Å². The monoisotopic (exact) mass is 331 g/mol. The number of carbonyl (C=O) groups is 2. The summed E-state index contributed by atoms with van der Waals surface area (Å²) in [5.41, 5.74) is 4.18. The van der Waals surface area contributed by atoms with Gasteiger partial charge in [0.1, 0.15) is 5.70 Å². The molecule has 0 unspecified atom stereocenters. The lowest BCUT2D eigenvalue weighted by molar-refractivity contribution is -0.123. The molecule has 0 atom stereocenters. The van der Waals surface area contributed by atoms with Crippen LogP contribution in [0.5, 0.6) is 0 Å². The van der Waals surface area contributed by atoms with Crippen LogP contribution >= 0.6 is 0 Å². The van der Waals surface area contributed by atoms with Crippen LogP contribution in [0.15, 0.2) is 60.4 Å². The number of nitrogens with one attached hydrogen (secondary N) is 2. The molecular formula is C20H17N3O2. The van der Waals surface area contributed by atoms with Gasteiger partial charge in [0, 0.05) is 22.7 Å². The number of rotatable bonds is 3. The van der Waals surface area contributed by atoms with Crippen molar-refractivity contribution in [2.45, 2.75) is 13.5 Å². The molecule has 124 valence electrons. The maximum Gasteiger partial charge on any atom is 0.329 e. The molecule has 5 nitrogen and oxygen atoms in total. The number of benzene rings is 2. The average Bonchev–Trinajstić information content (AvgIpc) is 3.12. The second-order valence-electron chi connectivity index (χ2n) is 6.16. The molecule has 1 fully saturated rings. The molecule has 3 aromatic rings. The first-order chi connectivity index (χ1) is 12.1. The van der Waals surface area contributed by atoms with Crippen LogP contribution in [-0.2, 0) is 11.3 Å². The predicted octanol–water partition coefficient (Wildman–Crippen LogP) is 3.57. The second kappa shape index (κ2) is 5.94. The minimum Gasteiger partial charge on any atom is -0.361 e. The topological polar surface area (TPSA) is 65.2 Å². The van der Waals surface area contributed by atoms with Crippen molar-refractivity contribution >= 4 is 28.9 Å². The van der Waals surface area contributed by atoms with E-state index in [0.29, 0.717) is 5.70 Å². The summed E-state index contributed by atoms with van der Waals surface area (Å²) in [6.07, 6.45) is 3.55. The standard InChI is InChI=1S/C20H17N3O2/c1-13-5-4-6-14(9-13)12-23-19(24)18(22-20(23)25)10-15-11-21-17-8-3-2-7-16(15)17/h2-11,21H,12H2,1H3,(H,22,25)/b18-10+. The molecule has 1 aliphatic heterocycles. The fourth-order valence-electron chi connectivity index (χ4n) is 3.08. The average molecular weight is 331 g/mol. The second-order valence-corrected chi connectivity index (χ2v) is 6.16. The highest BCUT2D eigenvalue weighted by molar-refractivity contribution is 6.14. The van der Waals surface area contributed by atoms with Crippen molar-refractivity contribution in [3.05, 3.63) is 77.1 Å². The van der Waals surface area contributed by atoms with Gasteiger partial charge < -0.3 is 10.3 Å². The molecule has 2 heterocycles. The summed E-state index contributed by atoms with van der Waals surface area (Å²) in [6, 6.07) is 15.2. The number of carbonyl (C=O) groups excluding carboxylic acids is 2. The van der Waals surface area contributed by atoms with Gasteiger partial charge in [0.05, 0.1) is 6.54 Å². The Morgan fingerprint density at radius 3 is 2.76 bits per heavy atom. The zero-order valence-corrected chi connectivity index (χ0v) is 13.7. The highest BCUT2D eigenvalue weighted by Crippen LogP contribution is 2.22. The number of H-pyrrole nitrogens is 1. The number of nitrogens with zero attached hydrogens (tertiary/aromatic N) is 1. The van der Waals surface area contributed by atoms with Gasteiger partial charge >= 0.3 is 6.03 Å². The first-order valence-electron chi connectivity index (χ1n) is 8.08. The van der Waals surface area contributed by atoms with E-state index >= 15 is 0 Å². The molecule has 0 spiro atoms. The van der Waals surface area contributed by atoms with Crippen molar-refractivity contribution in [1.82, 2.24) is 15.2 Å². The van der Waals surface area contributed by atoms with E-state index in [2.05, 4.69) is 10.3 Å². The molecule has 2 N–H and O–H groups in total. The van der Waals surface area contributed by atoms with Crippen LogP contribution in [0.3, 0.4) is 0 Å². The smallest absolute Gasteiger partial charge is 0.329 e. The van der Waals surface area contributed by atoms with Crippen molar-refractivity contribution < 1.29 is 9.59 Å². The molecule has 0 saturated carbocycles. The van der Waals surface area contributed by atoms with Crippen molar-refractivity contribution in [1.29, 1.82) is 0 Å². The molecule has 25 heavy (non-hydrogen) atoms. The number of hydrogen-bond donors (Lipinski definition) is 2. The summed E-state index contributed by atoms with van der Waals surface area (Å²) >= 11 is 0. The summed E-state index contributed by atoms with van der Waals surface area (Å²) in [7, 11) is 0. The Balaban J connectivity index is 1.62. The lowest BCUT2D eigenvalue weighted by atomic mass is 10.1. The van der Waals surface area contributed by atoms with E-state index in [1.165, 1.54) is 4.90 Å². The van der Waals surface area contributed by atoms with Gasteiger partial charge in [-0.25, -0.2) is 4.79 Å². The molecular weight excluding hydrogens is 314 g/mol. The number of aromatic nitrogens is 1. The highest BCUT2D eigenvalue weighted by atomic mass is 16.2. The van der Waals surface area contributed by atoms with Gasteiger partial charge in [-0.05, 0) is 24.6 Å². The van der Waals surface area contributed by atoms with E-state index in [9.17, 15) is 9.59 Å². The van der Waals surface area contributed by atoms with Gasteiger partial charge in [0.2, 0.25) is 0 Å². The molecule has 1 aliphatic rings. The van der Waals surface area contributed by atoms with Crippen LogP contribution in [0, 0.1) is 6.92 Å². The Kier molecular flexibility index (Phi) is 3.61. The quantitative estimate of drug-likeness (QED) is 0.569. The summed E-state index contributed by atoms with van der Waals surface area (Å²) < 4.78 is 0. The van der Waals surface area contributed by atoms with Gasteiger partial charge in [0.15, 0.2) is 0 Å². The Morgan fingerprint density at radius 1 is 1.08 bits per heavy atom. The van der Waals surface area contributed by atoms with E-state index < -0.39 is 6.03 Å². The molecule has 2 aromatic carbocycles. The number of para-hydroxylation sites is 1. The minimum absolute atomic E-state index is 0.261. The number of fused-ring (bicyclic) bond motifs is 1. The van der Waals surface area contributed by atoms with E-state index in [1.54, 1.807) is 6.08 Å². The van der Waals surface area contributed by atoms with Crippen LogP contribution in [0.25, 0.3) is 17.0 Å². The summed E-state index contributed by atoms with van der Waals surface area (Å²) in [5, 5.41) is 3.68. The summed E-state index contributed by atoms with van der Waals surface area (Å²) in [4.78, 5) is 29.2. The number of aryl methyl sites for hydroxylation is 1. The van der Waals surface area contributed by atoms with E-state index in [0.717, 1.165) is 27.6 Å². The highest BCUT2D eigenvalue weighted by Gasteiger charge is 2.33. The molecule has 4 rings (SSSR count). The molecule has 3 amide bonds. The largest absolute Gasteiger partial charge is 0.361 e. The first kappa shape index (κ1) is 15.2. The Labute approximate surface area is 145 Å². The zero-order chi connectivity index (χ0) is 17.4. The fraction of sp³-hybridized carbons (Fsp3) is 0.100. The van der Waals surface area contributed by atoms with Crippen LogP contribution in [-0.4, -0.2) is 21.8 Å². The van der Waals surface area contributed by atoms with Crippen molar-refractivity contribution in [2.24, 2.45) is 0 Å². The van der Waals surface area contributed by atoms with E-state index in [4.69, 9.17) is 0 Å². The Hall–Kier alpha value is -3.34. The van der Waals surface area contributed by atoms with Crippen molar-refractivity contribution in [3.8, 4) is 0 Å². The zero-order valence-electron chi connectivity index (χ0n) is 13.7. The molecule has 1 saturated heterocycles. The van der Waals surface area contributed by atoms with Gasteiger partial charge in [0.25, 0.3) is 5.91 Å². The molecule has 5 heteroatoms. The number of imide groups is 1. The third kappa shape index (κ3) is 2.80. The predicted molar refractivity (Wildman–Crippen MR) is 96.5 cm³/mol. The van der Waals surface area contributed by atoms with Crippen LogP contribution < -0.4 is 5.32 Å². The van der Waals surface area contributed by atoms with Gasteiger partial charge in [-0.3, -0.25) is 9.69 Å². The normalized spacial score (nSPS) is 16.0. The fourth-order valence-corrected chi connectivity index (χ4v) is 3.08. The number of urea groups is 1. The molecule has 1 aromatic heterocycles. The lowest BCUT2D eigenvalue weighted by Gasteiger charge is -2.12. The van der Waals surface area contributed by atoms with Gasteiger partial charge in [-0.15, -0.1) is 0 Å². The van der Waals surface area contributed by atoms with Crippen LogP contribution in [0.2, 0.25) is 0 Å². The molecule has 0 radical (unpaired) electrons. The number of aromatic amines is 1. The molecule has 0 aliphatic carbocycles. The van der Waals surface area contributed by atoms with Gasteiger partial charge in [-0.2, -0.15) is 0 Å².